The summed E-state index contributed by atoms with van der Waals surface area (Å²) in [5.74, 6) is 0.452. The molecular weight excluding hydrogens is 468 g/mol. The highest BCUT2D eigenvalue weighted by Gasteiger charge is 2.25. The first-order valence-electron chi connectivity index (χ1n) is 11.9. The van der Waals surface area contributed by atoms with E-state index in [-0.39, 0.29) is 5.91 Å². The number of nitrogens with zero attached hydrogens (tertiary/aromatic N) is 3. The summed E-state index contributed by atoms with van der Waals surface area (Å²) in [6.45, 7) is 1.76. The number of nitrogens with one attached hydrogen (secondary N) is 3. The predicted molar refractivity (Wildman–Crippen MR) is 135 cm³/mol. The van der Waals surface area contributed by atoms with E-state index in [1.807, 2.05) is 0 Å². The molecule has 35 heavy (non-hydrogen) atoms. The summed E-state index contributed by atoms with van der Waals surface area (Å²) < 4.78 is 26.9. The van der Waals surface area contributed by atoms with Gasteiger partial charge in [0.2, 0.25) is 10.0 Å². The van der Waals surface area contributed by atoms with Crippen LogP contribution in [0.25, 0.3) is 0 Å². The molecule has 4 bridgehead atoms. The van der Waals surface area contributed by atoms with Gasteiger partial charge >= 0.3 is 0 Å². The lowest BCUT2D eigenvalue weighted by molar-refractivity contribution is 0.102. The molecule has 0 saturated carbocycles. The van der Waals surface area contributed by atoms with Crippen LogP contribution < -0.4 is 20.3 Å². The van der Waals surface area contributed by atoms with Gasteiger partial charge in [-0.25, -0.2) is 13.4 Å². The van der Waals surface area contributed by atoms with E-state index in [4.69, 9.17) is 5.11 Å². The van der Waals surface area contributed by atoms with Crippen molar-refractivity contribution in [2.45, 2.75) is 32.1 Å². The molecule has 1 amide bonds. The summed E-state index contributed by atoms with van der Waals surface area (Å²) in [4.78, 5) is 19.9. The third-order valence-corrected chi connectivity index (χ3v) is 7.59. The molecule has 4 rings (SSSR count). The zero-order valence-corrected chi connectivity index (χ0v) is 20.3. The number of carbonyl (C=O) groups is 1. The van der Waals surface area contributed by atoms with Gasteiger partial charge in [0.05, 0.1) is 34.9 Å². The molecule has 1 atom stereocenters. The number of aliphatic hydroxyl groups is 1. The fourth-order valence-electron chi connectivity index (χ4n) is 4.62. The Morgan fingerprint density at radius 2 is 2.03 bits per heavy atom. The maximum atomic E-state index is 13.3. The number of hydrogen-bond acceptors (Lipinski definition) is 8. The first-order valence-corrected chi connectivity index (χ1v) is 13.5. The molecule has 1 fully saturated rings. The molecule has 10 nitrogen and oxygen atoms in total. The van der Waals surface area contributed by atoms with Gasteiger partial charge in [0.25, 0.3) is 5.91 Å². The van der Waals surface area contributed by atoms with Gasteiger partial charge in [-0.05, 0) is 61.9 Å². The highest BCUT2D eigenvalue weighted by atomic mass is 32.2. The van der Waals surface area contributed by atoms with Crippen molar-refractivity contribution in [3.8, 4) is 6.07 Å². The Labute approximate surface area is 205 Å². The predicted octanol–water partition coefficient (Wildman–Crippen LogP) is 2.75. The molecule has 1 saturated heterocycles. The number of fused-ring (bicyclic) bond motifs is 6. The molecule has 0 spiro atoms. The number of rotatable bonds is 4. The van der Waals surface area contributed by atoms with E-state index in [1.54, 1.807) is 30.3 Å². The molecule has 11 heteroatoms. The molecule has 2 aliphatic heterocycles. The van der Waals surface area contributed by atoms with Crippen molar-refractivity contribution in [2.24, 2.45) is 5.92 Å². The number of anilines is 4. The van der Waals surface area contributed by atoms with E-state index in [2.05, 4.69) is 31.3 Å². The van der Waals surface area contributed by atoms with Gasteiger partial charge in [-0.2, -0.15) is 5.26 Å². The van der Waals surface area contributed by atoms with Gasteiger partial charge in [-0.15, -0.1) is 0 Å². The van der Waals surface area contributed by atoms with Crippen molar-refractivity contribution in [3.63, 3.8) is 0 Å². The number of pyridine rings is 1. The average molecular weight is 499 g/mol. The van der Waals surface area contributed by atoms with Crippen molar-refractivity contribution in [1.29, 1.82) is 5.26 Å². The zero-order chi connectivity index (χ0) is 24.8. The summed E-state index contributed by atoms with van der Waals surface area (Å²) in [7, 11) is -3.70. The van der Waals surface area contributed by atoms with Crippen molar-refractivity contribution in [1.82, 2.24) is 4.98 Å². The second kappa shape index (κ2) is 10.9. The monoisotopic (exact) mass is 498 g/mol. The number of aliphatic hydroxyl groups excluding tert-OH is 1. The second-order valence-corrected chi connectivity index (χ2v) is 10.8. The fourth-order valence-corrected chi connectivity index (χ4v) is 5.45. The minimum absolute atomic E-state index is 0.321. The highest BCUT2D eigenvalue weighted by molar-refractivity contribution is 7.92. The van der Waals surface area contributed by atoms with Gasteiger partial charge in [0.1, 0.15) is 17.7 Å². The first-order chi connectivity index (χ1) is 16.9. The van der Waals surface area contributed by atoms with Crippen LogP contribution in [0.1, 0.15) is 48.0 Å². The summed E-state index contributed by atoms with van der Waals surface area (Å²) in [6.07, 6.45) is 5.10. The van der Waals surface area contributed by atoms with Crippen LogP contribution in [0, 0.1) is 17.2 Å². The quantitative estimate of drug-likeness (QED) is 0.503. The molecule has 186 valence electrons. The lowest BCUT2D eigenvalue weighted by atomic mass is 9.92. The van der Waals surface area contributed by atoms with Crippen molar-refractivity contribution < 1.29 is 18.3 Å². The summed E-state index contributed by atoms with van der Waals surface area (Å²) in [6, 6.07) is 10.2. The second-order valence-electron chi connectivity index (χ2n) is 8.91. The number of carbonyl (C=O) groups excluding carboxylic acids is 1. The van der Waals surface area contributed by atoms with Crippen LogP contribution in [0.4, 0.5) is 23.0 Å². The van der Waals surface area contributed by atoms with Gasteiger partial charge in [-0.3, -0.25) is 9.52 Å². The smallest absolute Gasteiger partial charge is 0.258 e. The average Bonchev–Trinajstić information content (AvgIpc) is 2.83. The maximum absolute atomic E-state index is 13.3. The van der Waals surface area contributed by atoms with E-state index in [9.17, 15) is 18.5 Å². The Morgan fingerprint density at radius 1 is 1.20 bits per heavy atom. The van der Waals surface area contributed by atoms with Crippen LogP contribution in [-0.2, 0) is 10.0 Å². The molecule has 1 aromatic carbocycles. The molecule has 1 aromatic heterocycles. The zero-order valence-electron chi connectivity index (χ0n) is 19.5. The van der Waals surface area contributed by atoms with Gasteiger partial charge in [0.15, 0.2) is 0 Å². The molecule has 4 N–H and O–H groups in total. The Balaban J connectivity index is 1.72. The van der Waals surface area contributed by atoms with Crippen LogP contribution in [0.2, 0.25) is 0 Å². The van der Waals surface area contributed by atoms with Gasteiger partial charge < -0.3 is 20.6 Å². The Hall–Kier alpha value is -3.36. The molecule has 0 radical (unpaired) electrons. The number of benzene rings is 1. The molecule has 2 aromatic rings. The SMILES string of the molecule is N#Cc1ccc2nc1NCCCCC1CCCN(C1)c1cc(NS(=O)(=O)CCO)ccc1C(=O)N2. The molecule has 3 heterocycles. The van der Waals surface area contributed by atoms with Crippen molar-refractivity contribution >= 4 is 38.9 Å². The summed E-state index contributed by atoms with van der Waals surface area (Å²) in [5.41, 5.74) is 1.81. The number of aromatic nitrogens is 1. The lowest BCUT2D eigenvalue weighted by Gasteiger charge is -2.35. The third-order valence-electron chi connectivity index (χ3n) is 6.32. The molecule has 0 aliphatic carbocycles. The van der Waals surface area contributed by atoms with Crippen LogP contribution in [-0.4, -0.2) is 56.4 Å². The number of sulfonamides is 1. The minimum atomic E-state index is -3.70. The maximum Gasteiger partial charge on any atom is 0.258 e. The topological polar surface area (TPSA) is 147 Å². The summed E-state index contributed by atoms with van der Waals surface area (Å²) in [5, 5.41) is 24.5. The van der Waals surface area contributed by atoms with Gasteiger partial charge in [-0.1, -0.05) is 6.42 Å². The standard InChI is InChI=1S/C24H30N6O4S/c25-15-18-6-9-22-27-23(18)26-10-2-1-4-17-5-3-11-30(16-17)21-14-19(29-35(33,34)13-12-31)7-8-20(21)24(32)28-22/h6-9,14,17,29,31H,1-5,10-13,16H2,(H2,26,27,28,32). The van der Waals surface area contributed by atoms with Crippen LogP contribution in [0.15, 0.2) is 30.3 Å². The minimum Gasteiger partial charge on any atom is -0.395 e. The van der Waals surface area contributed by atoms with E-state index < -0.39 is 22.4 Å². The van der Waals surface area contributed by atoms with Crippen LogP contribution in [0.5, 0.6) is 0 Å². The molecule has 1 unspecified atom stereocenters. The normalized spacial score (nSPS) is 18.7. The Morgan fingerprint density at radius 3 is 2.83 bits per heavy atom. The Kier molecular flexibility index (Phi) is 7.73. The lowest BCUT2D eigenvalue weighted by Crippen LogP contribution is -2.36. The Bertz CT molecular complexity index is 1230. The summed E-state index contributed by atoms with van der Waals surface area (Å²) >= 11 is 0. The number of nitriles is 1. The van der Waals surface area contributed by atoms with Crippen LogP contribution in [0.3, 0.4) is 0 Å². The van der Waals surface area contributed by atoms with E-state index in [1.165, 1.54) is 0 Å². The van der Waals surface area contributed by atoms with E-state index >= 15 is 0 Å². The van der Waals surface area contributed by atoms with Crippen LogP contribution >= 0.6 is 0 Å². The van der Waals surface area contributed by atoms with E-state index in [0.29, 0.717) is 46.6 Å². The number of piperidine rings is 1. The highest BCUT2D eigenvalue weighted by Crippen LogP contribution is 2.32. The van der Waals surface area contributed by atoms with Crippen molar-refractivity contribution in [2.75, 3.05) is 52.2 Å². The molecular formula is C24H30N6O4S. The third kappa shape index (κ3) is 6.21. The first kappa shape index (κ1) is 24.8. The largest absolute Gasteiger partial charge is 0.395 e. The van der Waals surface area contributed by atoms with Crippen molar-refractivity contribution in [3.05, 3.63) is 41.5 Å². The number of hydrogen-bond donors (Lipinski definition) is 4. The fraction of sp³-hybridized carbons (Fsp3) is 0.458. The number of amides is 1. The van der Waals surface area contributed by atoms with Gasteiger partial charge in [0, 0.05) is 19.6 Å². The van der Waals surface area contributed by atoms with E-state index in [0.717, 1.165) is 45.2 Å². The molecule has 2 aliphatic rings.